The lowest BCUT2D eigenvalue weighted by Gasteiger charge is -2.13. The van der Waals surface area contributed by atoms with Gasteiger partial charge in [-0.1, -0.05) is 6.07 Å². The number of thiocarbonyl (C=S) groups is 1. The second-order valence-corrected chi connectivity index (χ2v) is 8.73. The summed E-state index contributed by atoms with van der Waals surface area (Å²) in [6, 6.07) is 6.12. The molecule has 2 N–H and O–H groups in total. The van der Waals surface area contributed by atoms with E-state index in [2.05, 4.69) is 36.6 Å². The van der Waals surface area contributed by atoms with Crippen LogP contribution in [0.5, 0.6) is 0 Å². The number of hydrogen-bond donors (Lipinski definition) is 2. The van der Waals surface area contributed by atoms with Gasteiger partial charge in [-0.15, -0.1) is 11.3 Å². The van der Waals surface area contributed by atoms with Gasteiger partial charge in [0, 0.05) is 16.3 Å². The van der Waals surface area contributed by atoms with E-state index in [-0.39, 0.29) is 5.97 Å². The van der Waals surface area contributed by atoms with E-state index < -0.39 is 0 Å². The number of thioether (sulfide) groups is 1. The number of rotatable bonds is 4. The van der Waals surface area contributed by atoms with Crippen LogP contribution in [0.15, 0.2) is 18.2 Å². The van der Waals surface area contributed by atoms with Gasteiger partial charge in [0.25, 0.3) is 0 Å². The molecule has 2 heterocycles. The maximum atomic E-state index is 12.5. The van der Waals surface area contributed by atoms with Gasteiger partial charge in [0.2, 0.25) is 0 Å². The number of aryl methyl sites for hydroxylation is 2. The summed E-state index contributed by atoms with van der Waals surface area (Å²) in [7, 11) is 0. The maximum Gasteiger partial charge on any atom is 0.341 e. The van der Waals surface area contributed by atoms with Crippen molar-refractivity contribution < 1.29 is 9.53 Å². The molecule has 26 heavy (non-hydrogen) atoms. The molecule has 0 bridgehead atoms. The lowest BCUT2D eigenvalue weighted by molar-refractivity contribution is 0.0527. The molecule has 0 saturated heterocycles. The molecular formula is C19H22N2O2S3. The molecule has 1 aliphatic heterocycles. The molecule has 0 radical (unpaired) electrons. The van der Waals surface area contributed by atoms with Gasteiger partial charge in [-0.2, -0.15) is 11.8 Å². The van der Waals surface area contributed by atoms with Gasteiger partial charge >= 0.3 is 5.97 Å². The van der Waals surface area contributed by atoms with E-state index in [1.807, 2.05) is 24.8 Å². The number of carbonyl (C=O) groups is 1. The first-order valence-electron chi connectivity index (χ1n) is 8.54. The first kappa shape index (κ1) is 19.2. The summed E-state index contributed by atoms with van der Waals surface area (Å²) in [6.45, 7) is 6.34. The maximum absolute atomic E-state index is 12.5. The van der Waals surface area contributed by atoms with Crippen LogP contribution in [0.2, 0.25) is 0 Å². The Morgan fingerprint density at radius 3 is 2.81 bits per heavy atom. The molecule has 0 aliphatic carbocycles. The van der Waals surface area contributed by atoms with Gasteiger partial charge < -0.3 is 15.4 Å². The fraction of sp³-hybridized carbons (Fsp3) is 0.368. The summed E-state index contributed by atoms with van der Waals surface area (Å²) < 4.78 is 5.28. The predicted molar refractivity (Wildman–Crippen MR) is 116 cm³/mol. The van der Waals surface area contributed by atoms with Crippen LogP contribution in [0.4, 0.5) is 10.7 Å². The number of ether oxygens (including phenoxy) is 1. The number of anilines is 2. The van der Waals surface area contributed by atoms with Crippen LogP contribution in [-0.4, -0.2) is 23.4 Å². The number of fused-ring (bicyclic) bond motifs is 1. The lowest BCUT2D eigenvalue weighted by Crippen LogP contribution is -2.20. The monoisotopic (exact) mass is 406 g/mol. The molecule has 7 heteroatoms. The number of esters is 1. The quantitative estimate of drug-likeness (QED) is 0.542. The summed E-state index contributed by atoms with van der Waals surface area (Å²) >= 11 is 8.96. The van der Waals surface area contributed by atoms with Gasteiger partial charge in [0.1, 0.15) is 5.00 Å². The van der Waals surface area contributed by atoms with Crippen molar-refractivity contribution in [3.63, 3.8) is 0 Å². The van der Waals surface area contributed by atoms with Crippen molar-refractivity contribution in [1.29, 1.82) is 0 Å². The highest BCUT2D eigenvalue weighted by Crippen LogP contribution is 2.40. The Morgan fingerprint density at radius 1 is 1.27 bits per heavy atom. The normalized spacial score (nSPS) is 13.0. The average Bonchev–Trinajstić information content (AvgIpc) is 2.96. The number of carbonyl (C=O) groups excluding carboxylic acids is 1. The number of nitrogens with one attached hydrogen (secondary N) is 2. The molecule has 1 aromatic carbocycles. The molecule has 0 spiro atoms. The van der Waals surface area contributed by atoms with Crippen molar-refractivity contribution >= 4 is 57.1 Å². The fourth-order valence-electron chi connectivity index (χ4n) is 2.82. The molecule has 1 aliphatic rings. The highest BCUT2D eigenvalue weighted by Gasteiger charge is 2.27. The van der Waals surface area contributed by atoms with E-state index >= 15 is 0 Å². The van der Waals surface area contributed by atoms with Crippen LogP contribution in [0.25, 0.3) is 0 Å². The Labute approximate surface area is 167 Å². The summed E-state index contributed by atoms with van der Waals surface area (Å²) in [6.07, 6.45) is 0.893. The Balaban J connectivity index is 1.81. The molecule has 2 aromatic rings. The second-order valence-electron chi connectivity index (χ2n) is 6.11. The highest BCUT2D eigenvalue weighted by molar-refractivity contribution is 7.98. The largest absolute Gasteiger partial charge is 0.462 e. The zero-order valence-electron chi connectivity index (χ0n) is 15.1. The van der Waals surface area contributed by atoms with Crippen molar-refractivity contribution in [3.8, 4) is 0 Å². The molecule has 138 valence electrons. The molecule has 0 atom stereocenters. The third-order valence-corrected chi connectivity index (χ3v) is 6.81. The van der Waals surface area contributed by atoms with Crippen molar-refractivity contribution in [2.45, 2.75) is 32.9 Å². The first-order valence-corrected chi connectivity index (χ1v) is 10.9. The highest BCUT2D eigenvalue weighted by atomic mass is 32.2. The Kier molecular flexibility index (Phi) is 6.21. The minimum atomic E-state index is -0.270. The summed E-state index contributed by atoms with van der Waals surface area (Å²) in [5.74, 6) is 1.69. The summed E-state index contributed by atoms with van der Waals surface area (Å²) in [4.78, 5) is 13.7. The number of thiophene rings is 1. The van der Waals surface area contributed by atoms with Crippen LogP contribution in [-0.2, 0) is 16.9 Å². The van der Waals surface area contributed by atoms with E-state index in [9.17, 15) is 4.79 Å². The van der Waals surface area contributed by atoms with E-state index in [1.165, 1.54) is 16.0 Å². The van der Waals surface area contributed by atoms with Crippen molar-refractivity contribution in [1.82, 2.24) is 0 Å². The molecular weight excluding hydrogens is 384 g/mol. The zero-order valence-corrected chi connectivity index (χ0v) is 17.6. The van der Waals surface area contributed by atoms with Gasteiger partial charge in [-0.3, -0.25) is 0 Å². The fourth-order valence-corrected chi connectivity index (χ4v) is 5.48. The van der Waals surface area contributed by atoms with Gasteiger partial charge in [-0.25, -0.2) is 4.79 Å². The third-order valence-electron chi connectivity index (χ3n) is 4.29. The minimum absolute atomic E-state index is 0.270. The molecule has 4 nitrogen and oxygen atoms in total. The lowest BCUT2D eigenvalue weighted by atomic mass is 10.1. The molecule has 1 aromatic heterocycles. The van der Waals surface area contributed by atoms with Crippen molar-refractivity contribution in [2.75, 3.05) is 23.0 Å². The number of benzene rings is 1. The van der Waals surface area contributed by atoms with E-state index in [4.69, 9.17) is 17.0 Å². The van der Waals surface area contributed by atoms with Crippen LogP contribution in [0.1, 0.15) is 38.8 Å². The number of hydrogen-bond acceptors (Lipinski definition) is 5. The summed E-state index contributed by atoms with van der Waals surface area (Å²) in [5.41, 5.74) is 5.14. The predicted octanol–water partition coefficient (Wildman–Crippen LogP) is 5.14. The average molecular weight is 407 g/mol. The SMILES string of the molecule is CCOC(=O)c1c(NC(=S)Nc2ccc(C)c(C)c2)sc2c1CCSC2. The Bertz CT molecular complexity index is 846. The van der Waals surface area contributed by atoms with Crippen molar-refractivity contribution in [2.24, 2.45) is 0 Å². The van der Waals surface area contributed by atoms with Crippen molar-refractivity contribution in [3.05, 3.63) is 45.3 Å². The summed E-state index contributed by atoms with van der Waals surface area (Å²) in [5, 5.41) is 7.68. The topological polar surface area (TPSA) is 50.4 Å². The van der Waals surface area contributed by atoms with Gasteiger partial charge in [0.05, 0.1) is 12.2 Å². The van der Waals surface area contributed by atoms with Crippen LogP contribution in [0.3, 0.4) is 0 Å². The van der Waals surface area contributed by atoms with Gasteiger partial charge in [0.15, 0.2) is 5.11 Å². The van der Waals surface area contributed by atoms with E-state index in [0.29, 0.717) is 17.3 Å². The molecule has 0 saturated carbocycles. The van der Waals surface area contributed by atoms with Crippen LogP contribution < -0.4 is 10.6 Å². The second kappa shape index (κ2) is 8.41. The van der Waals surface area contributed by atoms with Crippen LogP contribution in [0, 0.1) is 13.8 Å². The molecule has 3 rings (SSSR count). The Morgan fingerprint density at radius 2 is 2.08 bits per heavy atom. The van der Waals surface area contributed by atoms with E-state index in [1.54, 1.807) is 11.3 Å². The smallest absolute Gasteiger partial charge is 0.341 e. The standard InChI is InChI=1S/C19H22N2O2S3/c1-4-23-18(22)16-14-7-8-25-10-15(14)26-17(16)21-19(24)20-13-6-5-11(2)12(3)9-13/h5-6,9H,4,7-8,10H2,1-3H3,(H2,20,21,24). The minimum Gasteiger partial charge on any atom is -0.462 e. The first-order chi connectivity index (χ1) is 12.5. The Hall–Kier alpha value is -1.57. The van der Waals surface area contributed by atoms with Gasteiger partial charge in [-0.05, 0) is 74.0 Å². The molecule has 0 unspecified atom stereocenters. The zero-order chi connectivity index (χ0) is 18.7. The van der Waals surface area contributed by atoms with E-state index in [0.717, 1.165) is 34.2 Å². The van der Waals surface area contributed by atoms with Crippen LogP contribution >= 0.6 is 35.3 Å². The molecule has 0 amide bonds. The molecule has 0 fully saturated rings. The third kappa shape index (κ3) is 4.22.